The van der Waals surface area contributed by atoms with Crippen molar-refractivity contribution in [2.45, 2.75) is 26.3 Å². The maximum absolute atomic E-state index is 14.1. The Kier molecular flexibility index (Phi) is 6.85. The van der Waals surface area contributed by atoms with Crippen LogP contribution in [-0.2, 0) is 6.54 Å². The molecule has 0 radical (unpaired) electrons. The van der Waals surface area contributed by atoms with E-state index in [0.717, 1.165) is 43.8 Å². The molecule has 168 valence electrons. The van der Waals surface area contributed by atoms with Gasteiger partial charge in [0.25, 0.3) is 5.91 Å². The van der Waals surface area contributed by atoms with E-state index >= 15 is 0 Å². The molecule has 0 bridgehead atoms. The lowest BCUT2D eigenvalue weighted by molar-refractivity contribution is 0.0926. The Morgan fingerprint density at radius 3 is 2.78 bits per heavy atom. The van der Waals surface area contributed by atoms with Gasteiger partial charge in [-0.05, 0) is 74.2 Å². The number of nitrogens with one attached hydrogen (secondary N) is 1. The van der Waals surface area contributed by atoms with E-state index in [1.165, 1.54) is 17.7 Å². The molecule has 1 aromatic heterocycles. The molecular weight excluding hydrogens is 409 g/mol. The lowest BCUT2D eigenvalue weighted by Crippen LogP contribution is -2.38. The lowest BCUT2D eigenvalue weighted by atomic mass is 9.96. The summed E-state index contributed by atoms with van der Waals surface area (Å²) in [6.07, 6.45) is 2.03. The zero-order valence-corrected chi connectivity index (χ0v) is 18.4. The van der Waals surface area contributed by atoms with Gasteiger partial charge in [0.15, 0.2) is 11.5 Å². The molecule has 0 unspecified atom stereocenters. The van der Waals surface area contributed by atoms with Crippen LogP contribution in [0.4, 0.5) is 4.39 Å². The molecule has 1 saturated heterocycles. The number of benzene rings is 2. The molecule has 6 nitrogen and oxygen atoms in total. The quantitative estimate of drug-likeness (QED) is 0.592. The third kappa shape index (κ3) is 5.34. The smallest absolute Gasteiger partial charge is 0.273 e. The predicted octanol–water partition coefficient (Wildman–Crippen LogP) is 4.44. The van der Waals surface area contributed by atoms with Crippen LogP contribution in [-0.4, -0.2) is 42.7 Å². The number of likely N-dealkylation sites (tertiary alicyclic amines) is 1. The molecule has 2 heterocycles. The Hall–Kier alpha value is -3.19. The first kappa shape index (κ1) is 22.0. The highest BCUT2D eigenvalue weighted by Crippen LogP contribution is 2.25. The maximum Gasteiger partial charge on any atom is 0.273 e. The third-order valence-electron chi connectivity index (χ3n) is 5.93. The van der Waals surface area contributed by atoms with Gasteiger partial charge >= 0.3 is 0 Å². The summed E-state index contributed by atoms with van der Waals surface area (Å²) in [6.45, 7) is 5.27. The van der Waals surface area contributed by atoms with Crippen molar-refractivity contribution in [3.8, 4) is 17.1 Å². The topological polar surface area (TPSA) is 67.6 Å². The van der Waals surface area contributed by atoms with Crippen molar-refractivity contribution in [3.63, 3.8) is 0 Å². The molecule has 4 rings (SSSR count). The molecule has 0 saturated carbocycles. The second-order valence-corrected chi connectivity index (χ2v) is 8.34. The third-order valence-corrected chi connectivity index (χ3v) is 5.93. The summed E-state index contributed by atoms with van der Waals surface area (Å²) in [5.41, 5.74) is 2.52. The Morgan fingerprint density at radius 2 is 2.03 bits per heavy atom. The van der Waals surface area contributed by atoms with E-state index in [9.17, 15) is 9.18 Å². The largest absolute Gasteiger partial charge is 0.497 e. The number of hydrogen-bond donors (Lipinski definition) is 1. The Labute approximate surface area is 187 Å². The van der Waals surface area contributed by atoms with Gasteiger partial charge < -0.3 is 14.6 Å². The summed E-state index contributed by atoms with van der Waals surface area (Å²) in [7, 11) is 1.68. The summed E-state index contributed by atoms with van der Waals surface area (Å²) in [5, 5.41) is 6.77. The van der Waals surface area contributed by atoms with Gasteiger partial charge in [0.2, 0.25) is 0 Å². The SMILES string of the molecule is COc1cccc(CN2CCC(CNC(=O)c3cc(-c4ccc(C)cc4F)on3)CC2)c1. The van der Waals surface area contributed by atoms with Crippen LogP contribution in [0, 0.1) is 18.7 Å². The van der Waals surface area contributed by atoms with E-state index in [0.29, 0.717) is 18.0 Å². The molecule has 1 N–H and O–H groups in total. The van der Waals surface area contributed by atoms with Gasteiger partial charge in [0.05, 0.1) is 12.7 Å². The second-order valence-electron chi connectivity index (χ2n) is 8.34. The zero-order valence-electron chi connectivity index (χ0n) is 18.4. The molecule has 3 aromatic rings. The molecule has 0 spiro atoms. The van der Waals surface area contributed by atoms with Crippen LogP contribution in [0.3, 0.4) is 0 Å². The number of carbonyl (C=O) groups is 1. The minimum atomic E-state index is -0.395. The van der Waals surface area contributed by atoms with Crippen LogP contribution < -0.4 is 10.1 Å². The first-order chi connectivity index (χ1) is 15.5. The predicted molar refractivity (Wildman–Crippen MR) is 120 cm³/mol. The van der Waals surface area contributed by atoms with E-state index in [1.807, 2.05) is 19.1 Å². The van der Waals surface area contributed by atoms with Gasteiger partial charge in [0, 0.05) is 19.2 Å². The van der Waals surface area contributed by atoms with Crippen LogP contribution in [0.25, 0.3) is 11.3 Å². The molecule has 2 aromatic carbocycles. The number of amides is 1. The van der Waals surface area contributed by atoms with Crippen molar-refractivity contribution in [2.24, 2.45) is 5.92 Å². The van der Waals surface area contributed by atoms with E-state index in [2.05, 4.69) is 27.5 Å². The van der Waals surface area contributed by atoms with Crippen molar-refractivity contribution in [1.29, 1.82) is 0 Å². The van der Waals surface area contributed by atoms with Crippen molar-refractivity contribution < 1.29 is 18.4 Å². The average molecular weight is 438 g/mol. The highest BCUT2D eigenvalue weighted by Gasteiger charge is 2.21. The van der Waals surface area contributed by atoms with E-state index in [1.54, 1.807) is 19.2 Å². The molecule has 7 heteroatoms. The Morgan fingerprint density at radius 1 is 1.22 bits per heavy atom. The average Bonchev–Trinajstić information content (AvgIpc) is 3.28. The Bertz CT molecular complexity index is 1070. The monoisotopic (exact) mass is 437 g/mol. The van der Waals surface area contributed by atoms with E-state index in [4.69, 9.17) is 9.26 Å². The molecular formula is C25H28FN3O3. The molecule has 1 aliphatic heterocycles. The number of carbonyl (C=O) groups excluding carboxylic acids is 1. The van der Waals surface area contributed by atoms with Gasteiger partial charge in [-0.2, -0.15) is 0 Å². The van der Waals surface area contributed by atoms with Gasteiger partial charge in [-0.15, -0.1) is 0 Å². The molecule has 32 heavy (non-hydrogen) atoms. The lowest BCUT2D eigenvalue weighted by Gasteiger charge is -2.32. The minimum Gasteiger partial charge on any atom is -0.497 e. The van der Waals surface area contributed by atoms with Crippen molar-refractivity contribution in [3.05, 3.63) is 71.2 Å². The normalized spacial score (nSPS) is 15.0. The minimum absolute atomic E-state index is 0.162. The number of nitrogens with zero attached hydrogens (tertiary/aromatic N) is 2. The summed E-state index contributed by atoms with van der Waals surface area (Å²) in [5.74, 6) is 0.848. The van der Waals surface area contributed by atoms with Crippen LogP contribution in [0.5, 0.6) is 5.75 Å². The maximum atomic E-state index is 14.1. The van der Waals surface area contributed by atoms with E-state index in [-0.39, 0.29) is 17.4 Å². The summed E-state index contributed by atoms with van der Waals surface area (Å²) in [6, 6.07) is 14.5. The summed E-state index contributed by atoms with van der Waals surface area (Å²) < 4.78 is 24.7. The molecule has 1 aliphatic rings. The summed E-state index contributed by atoms with van der Waals surface area (Å²) in [4.78, 5) is 14.9. The molecule has 1 fully saturated rings. The first-order valence-electron chi connectivity index (χ1n) is 10.9. The fraction of sp³-hybridized carbons (Fsp3) is 0.360. The van der Waals surface area contributed by atoms with Crippen molar-refractivity contribution in [1.82, 2.24) is 15.4 Å². The fourth-order valence-corrected chi connectivity index (χ4v) is 4.03. The standard InChI is InChI=1S/C25H28FN3O3/c1-17-6-7-21(22(26)12-17)24-14-23(28-32-24)25(30)27-15-18-8-10-29(11-9-18)16-19-4-3-5-20(13-19)31-2/h3-7,12-14,18H,8-11,15-16H2,1-2H3,(H,27,30). The number of aromatic nitrogens is 1. The number of halogens is 1. The molecule has 1 amide bonds. The molecule has 0 aliphatic carbocycles. The zero-order chi connectivity index (χ0) is 22.5. The Balaban J connectivity index is 1.25. The number of piperidine rings is 1. The number of methoxy groups -OCH3 is 1. The van der Waals surface area contributed by atoms with Crippen LogP contribution in [0.15, 0.2) is 53.1 Å². The van der Waals surface area contributed by atoms with Gasteiger partial charge in [-0.3, -0.25) is 9.69 Å². The first-order valence-corrected chi connectivity index (χ1v) is 10.9. The van der Waals surface area contributed by atoms with Gasteiger partial charge in [0.1, 0.15) is 11.6 Å². The van der Waals surface area contributed by atoms with E-state index < -0.39 is 5.82 Å². The number of aryl methyl sites for hydroxylation is 1. The highest BCUT2D eigenvalue weighted by molar-refractivity contribution is 5.93. The number of ether oxygens (including phenoxy) is 1. The molecule has 0 atom stereocenters. The van der Waals surface area contributed by atoms with Crippen LogP contribution in [0.2, 0.25) is 0 Å². The number of hydrogen-bond acceptors (Lipinski definition) is 5. The fourth-order valence-electron chi connectivity index (χ4n) is 4.03. The van der Waals surface area contributed by atoms with Crippen molar-refractivity contribution >= 4 is 5.91 Å². The van der Waals surface area contributed by atoms with Crippen molar-refractivity contribution in [2.75, 3.05) is 26.7 Å². The van der Waals surface area contributed by atoms with Gasteiger partial charge in [-0.1, -0.05) is 23.4 Å². The van der Waals surface area contributed by atoms with Gasteiger partial charge in [-0.25, -0.2) is 4.39 Å². The van der Waals surface area contributed by atoms with Crippen LogP contribution >= 0.6 is 0 Å². The number of rotatable bonds is 7. The highest BCUT2D eigenvalue weighted by atomic mass is 19.1. The summed E-state index contributed by atoms with van der Waals surface area (Å²) >= 11 is 0. The second kappa shape index (κ2) is 9.96. The van der Waals surface area contributed by atoms with Crippen LogP contribution in [0.1, 0.15) is 34.5 Å².